The topological polar surface area (TPSA) is 95.5 Å². The number of aromatic amines is 1. The second kappa shape index (κ2) is 8.76. The molecule has 0 aliphatic carbocycles. The SMILES string of the molecule is Nc1nc2ccc(-c3cc(=Nc4cccc(N5CCNC5)c4)c4cc5cc(Br)ccc5cc4o3)cc2[nH]1. The van der Waals surface area contributed by atoms with Gasteiger partial charge in [-0.25, -0.2) is 9.98 Å². The molecular weight excluding hydrogens is 528 g/mol. The lowest BCUT2D eigenvalue weighted by Gasteiger charge is -2.16. The van der Waals surface area contributed by atoms with Crippen LogP contribution in [0, 0.1) is 0 Å². The number of hydrogen-bond acceptors (Lipinski definition) is 6. The number of anilines is 2. The fraction of sp³-hybridized carbons (Fsp3) is 0.103. The minimum atomic E-state index is 0.393. The summed E-state index contributed by atoms with van der Waals surface area (Å²) in [5.41, 5.74) is 11.3. The van der Waals surface area contributed by atoms with Crippen molar-refractivity contribution in [1.82, 2.24) is 15.3 Å². The van der Waals surface area contributed by atoms with E-state index in [0.29, 0.717) is 5.95 Å². The molecule has 1 aliphatic heterocycles. The summed E-state index contributed by atoms with van der Waals surface area (Å²) in [6, 6.07) is 26.8. The van der Waals surface area contributed by atoms with Gasteiger partial charge in [-0.05, 0) is 71.4 Å². The van der Waals surface area contributed by atoms with E-state index >= 15 is 0 Å². The van der Waals surface area contributed by atoms with E-state index in [-0.39, 0.29) is 0 Å². The molecule has 3 heterocycles. The summed E-state index contributed by atoms with van der Waals surface area (Å²) in [7, 11) is 0. The van der Waals surface area contributed by atoms with Gasteiger partial charge in [0.2, 0.25) is 0 Å². The number of nitrogens with two attached hydrogens (primary N) is 1. The summed E-state index contributed by atoms with van der Waals surface area (Å²) in [6.45, 7) is 2.83. The highest BCUT2D eigenvalue weighted by atomic mass is 79.9. The number of halogens is 1. The first-order valence-corrected chi connectivity index (χ1v) is 12.9. The highest BCUT2D eigenvalue weighted by Crippen LogP contribution is 2.30. The van der Waals surface area contributed by atoms with Crippen LogP contribution in [0.4, 0.5) is 17.3 Å². The van der Waals surface area contributed by atoms with Gasteiger partial charge in [0.15, 0.2) is 5.95 Å². The second-order valence-electron chi connectivity index (χ2n) is 9.24. The third-order valence-electron chi connectivity index (χ3n) is 6.75. The lowest BCUT2D eigenvalue weighted by Crippen LogP contribution is -2.20. The number of fused-ring (bicyclic) bond motifs is 3. The van der Waals surface area contributed by atoms with Gasteiger partial charge in [0.05, 0.1) is 28.7 Å². The fourth-order valence-electron chi connectivity index (χ4n) is 4.93. The number of aromatic nitrogens is 2. The molecule has 0 spiro atoms. The van der Waals surface area contributed by atoms with Crippen LogP contribution in [0.2, 0.25) is 0 Å². The molecule has 8 heteroatoms. The van der Waals surface area contributed by atoms with Gasteiger partial charge < -0.3 is 20.0 Å². The Kier molecular flexibility index (Phi) is 5.23. The molecule has 7 nitrogen and oxygen atoms in total. The molecule has 4 N–H and O–H groups in total. The second-order valence-corrected chi connectivity index (χ2v) is 10.2. The summed E-state index contributed by atoms with van der Waals surface area (Å²) in [5, 5.41) is 7.41. The minimum absolute atomic E-state index is 0.393. The van der Waals surface area contributed by atoms with E-state index in [1.165, 1.54) is 0 Å². The Morgan fingerprint density at radius 3 is 2.81 bits per heavy atom. The molecule has 182 valence electrons. The molecule has 1 aliphatic rings. The zero-order valence-corrected chi connectivity index (χ0v) is 21.4. The molecule has 37 heavy (non-hydrogen) atoms. The van der Waals surface area contributed by atoms with E-state index in [9.17, 15) is 0 Å². The molecule has 6 aromatic rings. The van der Waals surface area contributed by atoms with Crippen molar-refractivity contribution in [2.45, 2.75) is 0 Å². The van der Waals surface area contributed by atoms with Gasteiger partial charge in [0.1, 0.15) is 11.3 Å². The van der Waals surface area contributed by atoms with Crippen LogP contribution >= 0.6 is 15.9 Å². The number of nitrogen functional groups attached to an aromatic ring is 1. The highest BCUT2D eigenvalue weighted by Gasteiger charge is 2.13. The fourth-order valence-corrected chi connectivity index (χ4v) is 5.30. The normalized spacial score (nSPS) is 14.4. The van der Waals surface area contributed by atoms with E-state index in [1.54, 1.807) is 0 Å². The minimum Gasteiger partial charge on any atom is -0.456 e. The van der Waals surface area contributed by atoms with Gasteiger partial charge in [-0.1, -0.05) is 28.1 Å². The number of benzene rings is 4. The standard InChI is InChI=1S/C29H23BrN6O/c30-20-6-4-17-13-28-23(11-19(17)10-20)25(33-21-2-1-3-22(14-21)36-9-8-32-16-36)15-27(37-28)18-5-7-24-26(12-18)35-29(31)34-24/h1-7,10-15,32H,8-9,16H2,(H3,31,34,35). The smallest absolute Gasteiger partial charge is 0.198 e. The molecule has 0 bridgehead atoms. The maximum atomic E-state index is 6.47. The van der Waals surface area contributed by atoms with Crippen LogP contribution in [0.5, 0.6) is 0 Å². The van der Waals surface area contributed by atoms with Crippen LogP contribution in [-0.2, 0) is 0 Å². The van der Waals surface area contributed by atoms with E-state index in [4.69, 9.17) is 15.1 Å². The Labute approximate surface area is 220 Å². The molecular formula is C29H23BrN6O. The quantitative estimate of drug-likeness (QED) is 0.232. The zero-order valence-electron chi connectivity index (χ0n) is 19.8. The lowest BCUT2D eigenvalue weighted by molar-refractivity contribution is 0.619. The van der Waals surface area contributed by atoms with Gasteiger partial charge in [-0.3, -0.25) is 5.32 Å². The van der Waals surface area contributed by atoms with Crippen molar-refractivity contribution >= 4 is 66.0 Å². The van der Waals surface area contributed by atoms with Gasteiger partial charge in [-0.2, -0.15) is 0 Å². The van der Waals surface area contributed by atoms with Crippen LogP contribution in [0.15, 0.2) is 92.7 Å². The molecule has 0 amide bonds. The number of rotatable bonds is 3. The monoisotopic (exact) mass is 550 g/mol. The number of nitrogens with one attached hydrogen (secondary N) is 2. The lowest BCUT2D eigenvalue weighted by atomic mass is 10.1. The van der Waals surface area contributed by atoms with Crippen molar-refractivity contribution in [3.63, 3.8) is 0 Å². The van der Waals surface area contributed by atoms with E-state index < -0.39 is 0 Å². The van der Waals surface area contributed by atoms with Crippen molar-refractivity contribution in [2.75, 3.05) is 30.4 Å². The first-order valence-electron chi connectivity index (χ1n) is 12.1. The van der Waals surface area contributed by atoms with E-state index in [0.717, 1.165) is 85.1 Å². The van der Waals surface area contributed by atoms with Crippen molar-refractivity contribution in [3.8, 4) is 11.3 Å². The molecule has 0 radical (unpaired) electrons. The molecule has 1 saturated heterocycles. The maximum Gasteiger partial charge on any atom is 0.198 e. The Balaban J connectivity index is 1.46. The number of nitrogens with zero attached hydrogens (tertiary/aromatic N) is 3. The van der Waals surface area contributed by atoms with Crippen LogP contribution in [0.1, 0.15) is 0 Å². The van der Waals surface area contributed by atoms with Gasteiger partial charge in [-0.15, -0.1) is 0 Å². The first kappa shape index (κ1) is 22.1. The van der Waals surface area contributed by atoms with Gasteiger partial charge >= 0.3 is 0 Å². The summed E-state index contributed by atoms with van der Waals surface area (Å²) in [6.07, 6.45) is 0. The van der Waals surface area contributed by atoms with Crippen molar-refractivity contribution in [2.24, 2.45) is 4.99 Å². The van der Waals surface area contributed by atoms with Crippen LogP contribution in [-0.4, -0.2) is 29.7 Å². The zero-order chi connectivity index (χ0) is 24.9. The summed E-state index contributed by atoms with van der Waals surface area (Å²) in [5.74, 6) is 1.11. The largest absolute Gasteiger partial charge is 0.456 e. The number of hydrogen-bond donors (Lipinski definition) is 3. The summed E-state index contributed by atoms with van der Waals surface area (Å²) < 4.78 is 7.50. The predicted octanol–water partition coefficient (Wildman–Crippen LogP) is 6.07. The third-order valence-corrected chi connectivity index (χ3v) is 7.25. The number of H-pyrrole nitrogens is 1. The summed E-state index contributed by atoms with van der Waals surface area (Å²) >= 11 is 3.60. The van der Waals surface area contributed by atoms with E-state index in [2.05, 4.69) is 78.6 Å². The Hall–Kier alpha value is -4.14. The van der Waals surface area contributed by atoms with Crippen molar-refractivity contribution in [3.05, 3.63) is 88.7 Å². The van der Waals surface area contributed by atoms with Crippen LogP contribution in [0.25, 0.3) is 44.1 Å². The summed E-state index contributed by atoms with van der Waals surface area (Å²) in [4.78, 5) is 14.9. The first-order chi connectivity index (χ1) is 18.1. The van der Waals surface area contributed by atoms with Crippen LogP contribution in [0.3, 0.4) is 0 Å². The maximum absolute atomic E-state index is 6.47. The molecule has 7 rings (SSSR count). The molecule has 0 atom stereocenters. The van der Waals surface area contributed by atoms with E-state index in [1.807, 2.05) is 36.4 Å². The molecule has 0 saturated carbocycles. The predicted molar refractivity (Wildman–Crippen MR) is 153 cm³/mol. The average Bonchev–Trinajstić information content (AvgIpc) is 3.57. The molecule has 4 aromatic carbocycles. The van der Waals surface area contributed by atoms with Crippen molar-refractivity contribution < 1.29 is 4.42 Å². The van der Waals surface area contributed by atoms with Gasteiger partial charge in [0, 0.05) is 40.3 Å². The average molecular weight is 551 g/mol. The Bertz CT molecular complexity index is 1880. The third kappa shape index (κ3) is 4.14. The highest BCUT2D eigenvalue weighted by molar-refractivity contribution is 9.10. The molecule has 0 unspecified atom stereocenters. The molecule has 1 fully saturated rings. The van der Waals surface area contributed by atoms with Crippen molar-refractivity contribution in [1.29, 1.82) is 0 Å². The Morgan fingerprint density at radius 2 is 1.92 bits per heavy atom. The van der Waals surface area contributed by atoms with Crippen LogP contribution < -0.4 is 21.3 Å². The van der Waals surface area contributed by atoms with Gasteiger partial charge in [0.25, 0.3) is 0 Å². The Morgan fingerprint density at radius 1 is 0.973 bits per heavy atom. The number of imidazole rings is 1. The molecule has 2 aromatic heterocycles.